The number of hydrogen-bond donors (Lipinski definition) is 8. The van der Waals surface area contributed by atoms with Crippen LogP contribution in [0.4, 0.5) is 0 Å². The third kappa shape index (κ3) is 10.2. The van der Waals surface area contributed by atoms with E-state index in [1.54, 1.807) is 0 Å². The Kier molecular flexibility index (Phi) is 15.6. The highest BCUT2D eigenvalue weighted by Crippen LogP contribution is 2.00. The van der Waals surface area contributed by atoms with E-state index in [0.29, 0.717) is 13.1 Å². The van der Waals surface area contributed by atoms with Gasteiger partial charge in [0.05, 0.1) is 45.2 Å². The largest absolute Gasteiger partial charge is 0.396 e. The molecule has 8 nitrogen and oxygen atoms in total. The van der Waals surface area contributed by atoms with Gasteiger partial charge in [0.15, 0.2) is 0 Å². The summed E-state index contributed by atoms with van der Waals surface area (Å²) in [5.41, 5.74) is 4.29. The van der Waals surface area contributed by atoms with Crippen LogP contribution < -0.4 is 11.1 Å². The van der Waals surface area contributed by atoms with E-state index in [1.165, 1.54) is 0 Å². The third-order valence-electron chi connectivity index (χ3n) is 2.56. The fraction of sp³-hybridized carbons (Fsp3) is 1.00. The van der Waals surface area contributed by atoms with Gasteiger partial charge in [-0.15, -0.1) is 0 Å². The van der Waals surface area contributed by atoms with Crippen molar-refractivity contribution in [3.8, 4) is 0 Å². The van der Waals surface area contributed by atoms with E-state index < -0.39 is 5.54 Å². The predicted molar refractivity (Wildman–Crippen MR) is 70.4 cm³/mol. The average Bonchev–Trinajstić information content (AvgIpc) is 2.47. The maximum Gasteiger partial charge on any atom is 0.0881 e. The lowest BCUT2D eigenvalue weighted by Gasteiger charge is -2.28. The summed E-state index contributed by atoms with van der Waals surface area (Å²) >= 11 is 0. The highest BCUT2D eigenvalue weighted by Gasteiger charge is 2.26. The first-order chi connectivity index (χ1) is 9.09. The van der Waals surface area contributed by atoms with Crippen LogP contribution in [0.15, 0.2) is 0 Å². The molecule has 19 heavy (non-hydrogen) atoms. The summed E-state index contributed by atoms with van der Waals surface area (Å²) in [6.45, 7) is -0.170. The van der Waals surface area contributed by atoms with Crippen molar-refractivity contribution in [1.82, 2.24) is 5.32 Å². The average molecular weight is 284 g/mol. The SMILES string of the molecule is NCCCNC(CO)(CO)CO.OCC(CO)CO. The summed E-state index contributed by atoms with van der Waals surface area (Å²) in [6.07, 6.45) is 0.752. The second kappa shape index (κ2) is 14.1. The molecular weight excluding hydrogens is 256 g/mol. The Morgan fingerprint density at radius 3 is 1.47 bits per heavy atom. The molecule has 8 heteroatoms. The number of aliphatic hydroxyl groups is 6. The molecule has 0 spiro atoms. The van der Waals surface area contributed by atoms with Crippen molar-refractivity contribution in [2.24, 2.45) is 11.7 Å². The molecule has 0 aromatic carbocycles. The minimum absolute atomic E-state index is 0.146. The van der Waals surface area contributed by atoms with Crippen LogP contribution in [-0.4, -0.2) is 88.9 Å². The van der Waals surface area contributed by atoms with E-state index in [2.05, 4.69) is 5.32 Å². The lowest BCUT2D eigenvalue weighted by molar-refractivity contribution is 0.0428. The van der Waals surface area contributed by atoms with E-state index in [4.69, 9.17) is 36.4 Å². The normalized spacial score (nSPS) is 11.4. The van der Waals surface area contributed by atoms with Gasteiger partial charge in [-0.05, 0) is 19.5 Å². The van der Waals surface area contributed by atoms with E-state index >= 15 is 0 Å². The maximum atomic E-state index is 8.86. The van der Waals surface area contributed by atoms with Crippen LogP contribution in [0.3, 0.4) is 0 Å². The molecule has 0 saturated carbocycles. The van der Waals surface area contributed by atoms with Crippen molar-refractivity contribution in [2.75, 3.05) is 52.7 Å². The topological polar surface area (TPSA) is 159 Å². The highest BCUT2D eigenvalue weighted by molar-refractivity contribution is 4.85. The van der Waals surface area contributed by atoms with Crippen LogP contribution in [0, 0.1) is 5.92 Å². The zero-order valence-electron chi connectivity index (χ0n) is 11.2. The first-order valence-electron chi connectivity index (χ1n) is 6.19. The van der Waals surface area contributed by atoms with Gasteiger partial charge < -0.3 is 41.7 Å². The zero-order valence-corrected chi connectivity index (χ0v) is 11.2. The second-order valence-electron chi connectivity index (χ2n) is 4.24. The molecule has 0 aliphatic carbocycles. The highest BCUT2D eigenvalue weighted by atomic mass is 16.3. The van der Waals surface area contributed by atoms with Gasteiger partial charge >= 0.3 is 0 Å². The monoisotopic (exact) mass is 284 g/mol. The van der Waals surface area contributed by atoms with Gasteiger partial charge in [-0.1, -0.05) is 0 Å². The van der Waals surface area contributed by atoms with Crippen molar-refractivity contribution in [2.45, 2.75) is 12.0 Å². The molecule has 0 aliphatic rings. The Morgan fingerprint density at radius 2 is 1.26 bits per heavy atom. The maximum absolute atomic E-state index is 8.86. The van der Waals surface area contributed by atoms with Crippen LogP contribution in [0.5, 0.6) is 0 Å². The van der Waals surface area contributed by atoms with E-state index in [1.807, 2.05) is 0 Å². The van der Waals surface area contributed by atoms with Crippen LogP contribution in [0.1, 0.15) is 6.42 Å². The fourth-order valence-corrected chi connectivity index (χ4v) is 0.947. The Labute approximate surface area is 113 Å². The molecule has 0 unspecified atom stereocenters. The summed E-state index contributed by atoms with van der Waals surface area (Å²) in [5.74, 6) is -0.347. The van der Waals surface area contributed by atoms with E-state index in [9.17, 15) is 0 Å². The summed E-state index contributed by atoms with van der Waals surface area (Å²) in [7, 11) is 0. The van der Waals surface area contributed by atoms with E-state index in [0.717, 1.165) is 6.42 Å². The third-order valence-corrected chi connectivity index (χ3v) is 2.56. The number of aliphatic hydroxyl groups excluding tert-OH is 6. The summed E-state index contributed by atoms with van der Waals surface area (Å²) in [6, 6.07) is 0. The van der Waals surface area contributed by atoms with Crippen LogP contribution >= 0.6 is 0 Å². The van der Waals surface area contributed by atoms with Crippen molar-refractivity contribution in [3.05, 3.63) is 0 Å². The lowest BCUT2D eigenvalue weighted by Crippen LogP contribution is -2.55. The summed E-state index contributed by atoms with van der Waals surface area (Å²) in [4.78, 5) is 0. The van der Waals surface area contributed by atoms with Crippen molar-refractivity contribution in [1.29, 1.82) is 0 Å². The molecule has 118 valence electrons. The molecule has 9 N–H and O–H groups in total. The molecule has 0 bridgehead atoms. The van der Waals surface area contributed by atoms with Crippen molar-refractivity contribution in [3.63, 3.8) is 0 Å². The number of nitrogens with one attached hydrogen (secondary N) is 1. The molecule has 0 aromatic rings. The standard InChI is InChI=1S/C7H18N2O3.C4H10O3/c8-2-1-3-9-7(4-10,5-11)6-12;5-1-4(2-6)3-7/h9-12H,1-6,8H2;4-7H,1-3H2. The molecule has 0 rings (SSSR count). The van der Waals surface area contributed by atoms with Crippen LogP contribution in [-0.2, 0) is 0 Å². The van der Waals surface area contributed by atoms with Crippen LogP contribution in [0.2, 0.25) is 0 Å². The fourth-order valence-electron chi connectivity index (χ4n) is 0.947. The van der Waals surface area contributed by atoms with Gasteiger partial charge in [-0.3, -0.25) is 0 Å². The Morgan fingerprint density at radius 1 is 0.842 bits per heavy atom. The lowest BCUT2D eigenvalue weighted by atomic mass is 10.0. The van der Waals surface area contributed by atoms with Gasteiger partial charge in [0.1, 0.15) is 0 Å². The Bertz CT molecular complexity index is 163. The molecule has 0 atom stereocenters. The predicted octanol–water partition coefficient (Wildman–Crippen LogP) is -3.78. The first kappa shape index (κ1) is 21.0. The Hall–Kier alpha value is -0.320. The van der Waals surface area contributed by atoms with Crippen molar-refractivity contribution < 1.29 is 30.6 Å². The van der Waals surface area contributed by atoms with Gasteiger partial charge in [0.25, 0.3) is 0 Å². The molecule has 0 radical (unpaired) electrons. The van der Waals surface area contributed by atoms with Gasteiger partial charge in [0, 0.05) is 5.92 Å². The van der Waals surface area contributed by atoms with Gasteiger partial charge in [0.2, 0.25) is 0 Å². The Balaban J connectivity index is 0. The molecule has 0 saturated heterocycles. The summed E-state index contributed by atoms with van der Waals surface area (Å²) in [5, 5.41) is 54.1. The zero-order chi connectivity index (χ0) is 15.1. The molecule has 0 fully saturated rings. The number of hydrogen-bond acceptors (Lipinski definition) is 8. The molecule has 0 amide bonds. The number of rotatable bonds is 10. The van der Waals surface area contributed by atoms with Gasteiger partial charge in [-0.25, -0.2) is 0 Å². The first-order valence-corrected chi connectivity index (χ1v) is 6.19. The molecule has 0 aromatic heterocycles. The quantitative estimate of drug-likeness (QED) is 0.190. The number of nitrogens with two attached hydrogens (primary N) is 1. The van der Waals surface area contributed by atoms with Crippen molar-refractivity contribution >= 4 is 0 Å². The molecule has 0 aliphatic heterocycles. The smallest absolute Gasteiger partial charge is 0.0881 e. The minimum atomic E-state index is -0.963. The molecule has 0 heterocycles. The van der Waals surface area contributed by atoms with E-state index in [-0.39, 0.29) is 45.6 Å². The second-order valence-corrected chi connectivity index (χ2v) is 4.24. The van der Waals surface area contributed by atoms with Gasteiger partial charge in [-0.2, -0.15) is 0 Å². The minimum Gasteiger partial charge on any atom is -0.396 e. The van der Waals surface area contributed by atoms with Crippen LogP contribution in [0.25, 0.3) is 0 Å². The molecular formula is C11H28N2O6. The summed E-state index contributed by atoms with van der Waals surface area (Å²) < 4.78 is 0.